The fourth-order valence-corrected chi connectivity index (χ4v) is 5.00. The first kappa shape index (κ1) is 34.2. The number of primary amides is 1. The van der Waals surface area contributed by atoms with Crippen LogP contribution in [0.4, 0.5) is 18.9 Å². The lowest BCUT2D eigenvalue weighted by molar-refractivity contribution is -0.137. The normalized spacial score (nSPS) is 20.2. The summed E-state index contributed by atoms with van der Waals surface area (Å²) in [5.41, 5.74) is 4.91. The summed E-state index contributed by atoms with van der Waals surface area (Å²) in [6.45, 7) is 1.30. The lowest BCUT2D eigenvalue weighted by Gasteiger charge is -2.19. The van der Waals surface area contributed by atoms with Gasteiger partial charge in [-0.05, 0) is 24.6 Å². The molecule has 0 aliphatic carbocycles. The third kappa shape index (κ3) is 8.13. The van der Waals surface area contributed by atoms with Crippen LogP contribution >= 0.6 is 0 Å². The first-order valence-corrected chi connectivity index (χ1v) is 14.4. The summed E-state index contributed by atoms with van der Waals surface area (Å²) in [5.74, 6) is -3.39. The molecule has 3 amide bonds. The number of halogens is 3. The highest BCUT2D eigenvalue weighted by atomic mass is 19.4. The molecule has 0 saturated carbocycles. The van der Waals surface area contributed by atoms with Gasteiger partial charge < -0.3 is 31.3 Å². The highest BCUT2D eigenvalue weighted by molar-refractivity contribution is 5.97. The molecule has 13 nitrogen and oxygen atoms in total. The maximum Gasteiger partial charge on any atom is 0.416 e. The van der Waals surface area contributed by atoms with Crippen LogP contribution in [0.3, 0.4) is 0 Å². The third-order valence-electron chi connectivity index (χ3n) is 7.46. The minimum absolute atomic E-state index is 0.0725. The van der Waals surface area contributed by atoms with Crippen molar-refractivity contribution in [3.63, 3.8) is 0 Å². The van der Waals surface area contributed by atoms with Gasteiger partial charge in [0.15, 0.2) is 11.9 Å². The van der Waals surface area contributed by atoms with Crippen LogP contribution in [0.15, 0.2) is 54.6 Å². The Bertz CT molecular complexity index is 1570. The molecule has 246 valence electrons. The quantitative estimate of drug-likeness (QED) is 0.185. The number of alkyl halides is 3. The van der Waals surface area contributed by atoms with E-state index in [2.05, 4.69) is 20.9 Å². The van der Waals surface area contributed by atoms with Crippen molar-refractivity contribution in [1.29, 1.82) is 0 Å². The molecule has 1 aliphatic rings. The van der Waals surface area contributed by atoms with Crippen LogP contribution in [0.5, 0.6) is 0 Å². The van der Waals surface area contributed by atoms with E-state index in [1.807, 2.05) is 0 Å². The summed E-state index contributed by atoms with van der Waals surface area (Å²) < 4.78 is 46.0. The summed E-state index contributed by atoms with van der Waals surface area (Å²) >= 11 is 0. The molecular formula is C30H33F3N6O7. The Morgan fingerprint density at radius 2 is 1.78 bits per heavy atom. The number of aromatic nitrogens is 3. The van der Waals surface area contributed by atoms with Crippen molar-refractivity contribution in [3.8, 4) is 11.3 Å². The number of carbonyl (C=O) groups excluding carboxylic acids is 4. The molecule has 2 heterocycles. The van der Waals surface area contributed by atoms with Crippen molar-refractivity contribution < 1.29 is 47.3 Å². The minimum Gasteiger partial charge on any atom is -0.387 e. The van der Waals surface area contributed by atoms with Gasteiger partial charge in [0.1, 0.15) is 29.8 Å². The number of Topliss-reactive ketones (excluding diaryl/α,β-unsaturated/α-hetero) is 1. The molecule has 0 bridgehead atoms. The average Bonchev–Trinajstić information content (AvgIpc) is 3.59. The van der Waals surface area contributed by atoms with E-state index in [-0.39, 0.29) is 55.1 Å². The highest BCUT2D eigenvalue weighted by Crippen LogP contribution is 2.34. The highest BCUT2D eigenvalue weighted by Gasteiger charge is 2.46. The largest absolute Gasteiger partial charge is 0.416 e. The number of aliphatic hydroxyl groups is 2. The van der Waals surface area contributed by atoms with Crippen LogP contribution in [0.25, 0.3) is 11.3 Å². The zero-order valence-corrected chi connectivity index (χ0v) is 24.6. The molecule has 3 aromatic rings. The number of ether oxygens (including phenoxy) is 1. The molecular weight excluding hydrogens is 613 g/mol. The zero-order valence-electron chi connectivity index (χ0n) is 24.6. The number of carbonyl (C=O) groups is 4. The maximum absolute atomic E-state index is 13.1. The van der Waals surface area contributed by atoms with Crippen molar-refractivity contribution in [2.75, 3.05) is 11.9 Å². The Balaban J connectivity index is 1.41. The molecule has 4 rings (SSSR count). The molecule has 1 saturated heterocycles. The van der Waals surface area contributed by atoms with Gasteiger partial charge in [-0.25, -0.2) is 4.68 Å². The Hall–Kier alpha value is -4.67. The Labute approximate surface area is 260 Å². The lowest BCUT2D eigenvalue weighted by atomic mass is 9.94. The van der Waals surface area contributed by atoms with Gasteiger partial charge in [0.25, 0.3) is 5.91 Å². The fraction of sp³-hybridized carbons (Fsp3) is 0.400. The van der Waals surface area contributed by atoms with E-state index in [0.717, 1.165) is 22.9 Å². The van der Waals surface area contributed by atoms with Crippen LogP contribution in [0.1, 0.15) is 54.9 Å². The Morgan fingerprint density at radius 1 is 1.07 bits per heavy atom. The minimum atomic E-state index is -4.59. The van der Waals surface area contributed by atoms with Crippen LogP contribution in [0, 0.1) is 5.92 Å². The van der Waals surface area contributed by atoms with Gasteiger partial charge in [0.05, 0.1) is 5.56 Å². The van der Waals surface area contributed by atoms with Crippen molar-refractivity contribution in [2.45, 2.75) is 63.3 Å². The Morgan fingerprint density at radius 3 is 2.43 bits per heavy atom. The number of hydrogen-bond donors (Lipinski definition) is 5. The number of nitrogens with one attached hydrogen (secondary N) is 2. The zero-order chi connectivity index (χ0) is 33.6. The lowest BCUT2D eigenvalue weighted by Crippen LogP contribution is -2.42. The number of benzene rings is 2. The molecule has 16 heteroatoms. The number of hydrogen-bond acceptors (Lipinski definition) is 9. The fourth-order valence-electron chi connectivity index (χ4n) is 5.00. The summed E-state index contributed by atoms with van der Waals surface area (Å²) in [6, 6.07) is 12.6. The van der Waals surface area contributed by atoms with E-state index in [1.165, 1.54) is 6.07 Å². The van der Waals surface area contributed by atoms with Crippen LogP contribution in [-0.2, 0) is 25.3 Å². The second-order valence-corrected chi connectivity index (χ2v) is 10.7. The summed E-state index contributed by atoms with van der Waals surface area (Å²) in [7, 11) is 0. The van der Waals surface area contributed by atoms with Gasteiger partial charge >= 0.3 is 6.18 Å². The molecule has 6 N–H and O–H groups in total. The maximum atomic E-state index is 13.1. The van der Waals surface area contributed by atoms with Crippen molar-refractivity contribution in [2.24, 2.45) is 11.7 Å². The number of nitrogens with two attached hydrogens (primary N) is 1. The number of amides is 3. The molecule has 1 aliphatic heterocycles. The number of nitrogens with zero attached hydrogens (tertiary/aromatic N) is 3. The average molecular weight is 647 g/mol. The predicted octanol–water partition coefficient (Wildman–Crippen LogP) is 2.20. The second-order valence-electron chi connectivity index (χ2n) is 10.7. The molecule has 0 unspecified atom stereocenters. The van der Waals surface area contributed by atoms with E-state index in [4.69, 9.17) is 10.5 Å². The van der Waals surface area contributed by atoms with Crippen molar-refractivity contribution >= 4 is 29.2 Å². The van der Waals surface area contributed by atoms with E-state index in [0.29, 0.717) is 5.56 Å². The SMILES string of the molecule is CCC(=O)C[C@@H](CCC(=O)Nc1cccc(C(F)(F)F)c1)C(=O)NC[C@H]1O[C@@H](n2nnc(C(N)=O)c2-c2ccccc2)[C@H](O)[C@@H]1O. The molecule has 1 aromatic heterocycles. The molecule has 0 radical (unpaired) electrons. The van der Waals surface area contributed by atoms with E-state index in [1.54, 1.807) is 37.3 Å². The van der Waals surface area contributed by atoms with Crippen LogP contribution in [0.2, 0.25) is 0 Å². The molecule has 0 spiro atoms. The van der Waals surface area contributed by atoms with Gasteiger partial charge in [-0.1, -0.05) is 48.5 Å². The Kier molecular flexibility index (Phi) is 10.9. The van der Waals surface area contributed by atoms with Gasteiger partial charge in [-0.15, -0.1) is 5.10 Å². The van der Waals surface area contributed by atoms with Crippen molar-refractivity contribution in [3.05, 3.63) is 65.9 Å². The number of aliphatic hydroxyl groups excluding tert-OH is 2. The number of rotatable bonds is 13. The summed E-state index contributed by atoms with van der Waals surface area (Å²) in [4.78, 5) is 49.9. The van der Waals surface area contributed by atoms with E-state index < -0.39 is 59.9 Å². The first-order chi connectivity index (χ1) is 21.8. The number of ketones is 1. The first-order valence-electron chi connectivity index (χ1n) is 14.4. The van der Waals surface area contributed by atoms with Gasteiger partial charge in [0.2, 0.25) is 11.8 Å². The van der Waals surface area contributed by atoms with Gasteiger partial charge in [-0.2, -0.15) is 13.2 Å². The van der Waals surface area contributed by atoms with Crippen LogP contribution in [-0.4, -0.2) is 73.6 Å². The predicted molar refractivity (Wildman–Crippen MR) is 156 cm³/mol. The standard InChI is InChI=1S/C30H33F3N6O7/c1-2-20(40)13-17(11-12-22(41)36-19-10-6-9-18(14-19)30(31,32)33)28(45)35-15-21-25(42)26(43)29(46-21)39-24(16-7-4-3-5-8-16)23(27(34)44)37-38-39/h3-10,14,17,21,25-26,29,42-43H,2,11-13,15H2,1H3,(H2,34,44)(H,35,45)(H,36,41)/t17-,21-,25-,26-,29-/m1/s1. The van der Waals surface area contributed by atoms with Gasteiger partial charge in [0, 0.05) is 43.0 Å². The van der Waals surface area contributed by atoms with E-state index in [9.17, 15) is 42.6 Å². The molecule has 2 aromatic carbocycles. The topological polar surface area (TPSA) is 199 Å². The molecule has 46 heavy (non-hydrogen) atoms. The van der Waals surface area contributed by atoms with Crippen molar-refractivity contribution in [1.82, 2.24) is 20.3 Å². The smallest absolute Gasteiger partial charge is 0.387 e. The summed E-state index contributed by atoms with van der Waals surface area (Å²) in [5, 5.41) is 34.2. The molecule has 1 fully saturated rings. The van der Waals surface area contributed by atoms with Crippen LogP contribution < -0.4 is 16.4 Å². The number of anilines is 1. The molecule has 5 atom stereocenters. The van der Waals surface area contributed by atoms with E-state index >= 15 is 0 Å². The third-order valence-corrected chi connectivity index (χ3v) is 7.46. The van der Waals surface area contributed by atoms with Gasteiger partial charge in [-0.3, -0.25) is 19.2 Å². The summed E-state index contributed by atoms with van der Waals surface area (Å²) in [6.07, 6.45) is -10.6. The second kappa shape index (κ2) is 14.6. The monoisotopic (exact) mass is 646 g/mol.